The summed E-state index contributed by atoms with van der Waals surface area (Å²) < 4.78 is 30.4. The fraction of sp³-hybridized carbons (Fsp3) is 0.182. The van der Waals surface area contributed by atoms with Crippen molar-refractivity contribution in [2.45, 2.75) is 19.6 Å². The zero-order valence-electron chi connectivity index (χ0n) is 16.4. The number of anilines is 1. The molecule has 1 heterocycles. The van der Waals surface area contributed by atoms with Crippen LogP contribution in [0.15, 0.2) is 65.4 Å². The van der Waals surface area contributed by atoms with Crippen LogP contribution in [0.25, 0.3) is 0 Å². The summed E-state index contributed by atoms with van der Waals surface area (Å²) in [5.74, 6) is 0.623. The minimum absolute atomic E-state index is 0.305. The molecule has 0 radical (unpaired) electrons. The third kappa shape index (κ3) is 5.70. The molecule has 8 heteroatoms. The number of methoxy groups -OCH3 is 1. The number of hydrogen-bond acceptors (Lipinski definition) is 5. The smallest absolute Gasteiger partial charge is 0.265 e. The Balaban J connectivity index is 1.66. The molecule has 0 spiro atoms. The molecular formula is C22H20BrFN2O4. The van der Waals surface area contributed by atoms with Crippen molar-refractivity contribution >= 4 is 27.5 Å². The molecule has 3 aromatic rings. The number of pyridine rings is 1. The van der Waals surface area contributed by atoms with Crippen LogP contribution in [0.4, 0.5) is 10.1 Å². The highest BCUT2D eigenvalue weighted by Crippen LogP contribution is 2.31. The molecule has 2 aromatic carbocycles. The number of benzene rings is 2. The third-order valence-electron chi connectivity index (χ3n) is 4.12. The molecule has 3 rings (SSSR count). The first kappa shape index (κ1) is 21.6. The van der Waals surface area contributed by atoms with Gasteiger partial charge in [0, 0.05) is 29.7 Å². The third-order valence-corrected chi connectivity index (χ3v) is 4.73. The molecular weight excluding hydrogens is 455 g/mol. The fourth-order valence-corrected chi connectivity index (χ4v) is 3.01. The van der Waals surface area contributed by atoms with Gasteiger partial charge >= 0.3 is 0 Å². The quantitative estimate of drug-likeness (QED) is 0.498. The van der Waals surface area contributed by atoms with Crippen LogP contribution in [0.5, 0.6) is 17.2 Å². The average molecular weight is 475 g/mol. The summed E-state index contributed by atoms with van der Waals surface area (Å²) in [4.78, 5) is 16.6. The molecule has 0 fully saturated rings. The summed E-state index contributed by atoms with van der Waals surface area (Å²) in [6.07, 6.45) is 2.59. The van der Waals surface area contributed by atoms with E-state index in [0.29, 0.717) is 34.0 Å². The van der Waals surface area contributed by atoms with E-state index in [0.717, 1.165) is 5.56 Å². The van der Waals surface area contributed by atoms with Gasteiger partial charge in [0.25, 0.3) is 5.91 Å². The summed E-state index contributed by atoms with van der Waals surface area (Å²) >= 11 is 3.22. The SMILES string of the molecule is COc1ccc(NC(=O)C(C)Oc2ccc(F)cc2Br)cc1OCc1cccnc1. The number of halogens is 2. The number of nitrogens with one attached hydrogen (secondary N) is 1. The van der Waals surface area contributed by atoms with Crippen molar-refractivity contribution in [3.05, 3.63) is 76.8 Å². The summed E-state index contributed by atoms with van der Waals surface area (Å²) in [6, 6.07) is 12.8. The van der Waals surface area contributed by atoms with Crippen LogP contribution in [0.2, 0.25) is 0 Å². The molecule has 1 atom stereocenters. The van der Waals surface area contributed by atoms with Gasteiger partial charge in [-0.3, -0.25) is 9.78 Å². The van der Waals surface area contributed by atoms with Gasteiger partial charge in [-0.25, -0.2) is 4.39 Å². The van der Waals surface area contributed by atoms with E-state index in [1.165, 1.54) is 18.2 Å². The van der Waals surface area contributed by atoms with Gasteiger partial charge < -0.3 is 19.5 Å². The van der Waals surface area contributed by atoms with Gasteiger partial charge in [-0.05, 0) is 59.3 Å². The van der Waals surface area contributed by atoms with Crippen LogP contribution in [-0.2, 0) is 11.4 Å². The average Bonchev–Trinajstić information content (AvgIpc) is 2.75. The molecule has 156 valence electrons. The predicted molar refractivity (Wildman–Crippen MR) is 114 cm³/mol. The molecule has 1 aromatic heterocycles. The molecule has 0 aliphatic carbocycles. The summed E-state index contributed by atoms with van der Waals surface area (Å²) in [7, 11) is 1.54. The first-order valence-electron chi connectivity index (χ1n) is 9.08. The van der Waals surface area contributed by atoms with Gasteiger partial charge in [0.05, 0.1) is 11.6 Å². The van der Waals surface area contributed by atoms with Crippen LogP contribution in [0, 0.1) is 5.82 Å². The lowest BCUT2D eigenvalue weighted by Gasteiger charge is -2.17. The number of rotatable bonds is 8. The van der Waals surface area contributed by atoms with E-state index < -0.39 is 11.9 Å². The van der Waals surface area contributed by atoms with E-state index in [1.807, 2.05) is 12.1 Å². The number of aromatic nitrogens is 1. The van der Waals surface area contributed by atoms with Crippen molar-refractivity contribution < 1.29 is 23.4 Å². The van der Waals surface area contributed by atoms with E-state index in [-0.39, 0.29) is 5.91 Å². The minimum atomic E-state index is -0.811. The van der Waals surface area contributed by atoms with Crippen LogP contribution in [0.1, 0.15) is 12.5 Å². The molecule has 30 heavy (non-hydrogen) atoms. The number of nitrogens with zero attached hydrogens (tertiary/aromatic N) is 1. The minimum Gasteiger partial charge on any atom is -0.493 e. The first-order chi connectivity index (χ1) is 14.5. The maximum absolute atomic E-state index is 13.2. The van der Waals surface area contributed by atoms with Gasteiger partial charge in [-0.2, -0.15) is 0 Å². The van der Waals surface area contributed by atoms with Crippen molar-refractivity contribution in [2.75, 3.05) is 12.4 Å². The van der Waals surface area contributed by atoms with E-state index in [2.05, 4.69) is 26.2 Å². The lowest BCUT2D eigenvalue weighted by molar-refractivity contribution is -0.122. The normalized spacial score (nSPS) is 11.5. The molecule has 0 saturated heterocycles. The van der Waals surface area contributed by atoms with Gasteiger partial charge in [0.1, 0.15) is 18.2 Å². The van der Waals surface area contributed by atoms with Gasteiger partial charge in [-0.15, -0.1) is 0 Å². The lowest BCUT2D eigenvalue weighted by atomic mass is 10.2. The second kappa shape index (κ2) is 10.1. The van der Waals surface area contributed by atoms with Crippen LogP contribution in [-0.4, -0.2) is 24.1 Å². The topological polar surface area (TPSA) is 69.7 Å². The van der Waals surface area contributed by atoms with E-state index in [4.69, 9.17) is 14.2 Å². The Morgan fingerprint density at radius 2 is 1.97 bits per heavy atom. The van der Waals surface area contributed by atoms with Crippen molar-refractivity contribution in [2.24, 2.45) is 0 Å². The molecule has 1 amide bonds. The first-order valence-corrected chi connectivity index (χ1v) is 9.88. The van der Waals surface area contributed by atoms with Crippen molar-refractivity contribution in [1.29, 1.82) is 0 Å². The number of ether oxygens (including phenoxy) is 3. The second-order valence-corrected chi connectivity index (χ2v) is 7.19. The second-order valence-electron chi connectivity index (χ2n) is 6.34. The van der Waals surface area contributed by atoms with Gasteiger partial charge in [0.2, 0.25) is 0 Å². The standard InChI is InChI=1S/C22H20BrFN2O4/c1-14(30-19-7-5-16(24)10-18(19)23)22(27)26-17-6-8-20(28-2)21(11-17)29-13-15-4-3-9-25-12-15/h3-12,14H,13H2,1-2H3,(H,26,27). The Kier molecular flexibility index (Phi) is 7.24. The van der Waals surface area contributed by atoms with Crippen LogP contribution >= 0.6 is 15.9 Å². The Morgan fingerprint density at radius 1 is 1.17 bits per heavy atom. The summed E-state index contributed by atoms with van der Waals surface area (Å²) in [6.45, 7) is 1.91. The maximum atomic E-state index is 13.2. The molecule has 1 unspecified atom stereocenters. The Labute approximate surface area is 182 Å². The fourth-order valence-electron chi connectivity index (χ4n) is 2.57. The largest absolute Gasteiger partial charge is 0.493 e. The monoisotopic (exact) mass is 474 g/mol. The van der Waals surface area contributed by atoms with Crippen LogP contribution < -0.4 is 19.5 Å². The summed E-state index contributed by atoms with van der Waals surface area (Å²) in [5, 5.41) is 2.78. The maximum Gasteiger partial charge on any atom is 0.265 e. The highest BCUT2D eigenvalue weighted by atomic mass is 79.9. The van der Waals surface area contributed by atoms with E-state index in [9.17, 15) is 9.18 Å². The van der Waals surface area contributed by atoms with Crippen molar-refractivity contribution in [3.63, 3.8) is 0 Å². The Hall–Kier alpha value is -3.13. The highest BCUT2D eigenvalue weighted by Gasteiger charge is 2.17. The lowest BCUT2D eigenvalue weighted by Crippen LogP contribution is -2.30. The van der Waals surface area contributed by atoms with Crippen molar-refractivity contribution in [1.82, 2.24) is 4.98 Å². The Bertz CT molecular complexity index is 1020. The van der Waals surface area contributed by atoms with Gasteiger partial charge in [0.15, 0.2) is 17.6 Å². The molecule has 0 bridgehead atoms. The predicted octanol–water partition coefficient (Wildman–Crippen LogP) is 4.98. The Morgan fingerprint density at radius 3 is 2.67 bits per heavy atom. The molecule has 0 saturated carbocycles. The van der Waals surface area contributed by atoms with Crippen molar-refractivity contribution in [3.8, 4) is 17.2 Å². The number of hydrogen-bond donors (Lipinski definition) is 1. The number of carbonyl (C=O) groups is 1. The number of carbonyl (C=O) groups excluding carboxylic acids is 1. The van der Waals surface area contributed by atoms with E-state index in [1.54, 1.807) is 44.6 Å². The number of amides is 1. The molecule has 6 nitrogen and oxygen atoms in total. The zero-order chi connectivity index (χ0) is 21.5. The zero-order valence-corrected chi connectivity index (χ0v) is 18.0. The highest BCUT2D eigenvalue weighted by molar-refractivity contribution is 9.10. The summed E-state index contributed by atoms with van der Waals surface area (Å²) in [5.41, 5.74) is 1.43. The molecule has 0 aliphatic rings. The molecule has 0 aliphatic heterocycles. The van der Waals surface area contributed by atoms with Crippen LogP contribution in [0.3, 0.4) is 0 Å². The van der Waals surface area contributed by atoms with Gasteiger partial charge in [-0.1, -0.05) is 6.07 Å². The molecule has 1 N–H and O–H groups in total. The van der Waals surface area contributed by atoms with E-state index >= 15 is 0 Å².